The fraction of sp³-hybridized carbons (Fsp3) is 0.600. The molecule has 2 nitrogen and oxygen atoms in total. The van der Waals surface area contributed by atoms with Gasteiger partial charge in [-0.25, -0.2) is 0 Å². The summed E-state index contributed by atoms with van der Waals surface area (Å²) in [7, 11) is 0. The summed E-state index contributed by atoms with van der Waals surface area (Å²) in [6.07, 6.45) is 2.47. The first-order valence-corrected chi connectivity index (χ1v) is 8.50. The van der Waals surface area contributed by atoms with Crippen LogP contribution < -0.4 is 5.32 Å². The van der Waals surface area contributed by atoms with Crippen molar-refractivity contribution in [2.45, 2.75) is 31.9 Å². The smallest absolute Gasteiger partial charge is 0.0821 e. The highest BCUT2D eigenvalue weighted by molar-refractivity contribution is 7.99. The molecule has 0 aromatic heterocycles. The lowest BCUT2D eigenvalue weighted by atomic mass is 10.0. The van der Waals surface area contributed by atoms with Gasteiger partial charge in [-0.05, 0) is 37.1 Å². The van der Waals surface area contributed by atoms with Crippen molar-refractivity contribution in [2.24, 2.45) is 0 Å². The molecule has 2 unspecified atom stereocenters. The molecule has 1 aliphatic heterocycles. The van der Waals surface area contributed by atoms with Crippen LogP contribution in [-0.4, -0.2) is 36.8 Å². The molecule has 2 atom stereocenters. The number of hydrogen-bond donors (Lipinski definition) is 1. The Morgan fingerprint density at radius 1 is 1.42 bits per heavy atom. The van der Waals surface area contributed by atoms with Crippen molar-refractivity contribution in [3.05, 3.63) is 34.9 Å². The van der Waals surface area contributed by atoms with Gasteiger partial charge < -0.3 is 10.1 Å². The minimum absolute atomic E-state index is 0.320. The predicted molar refractivity (Wildman–Crippen MR) is 84.3 cm³/mol. The lowest BCUT2D eigenvalue weighted by Gasteiger charge is -2.31. The summed E-state index contributed by atoms with van der Waals surface area (Å²) in [6, 6.07) is 8.54. The fourth-order valence-corrected chi connectivity index (χ4v) is 3.35. The molecule has 1 fully saturated rings. The van der Waals surface area contributed by atoms with Gasteiger partial charge in [-0.3, -0.25) is 0 Å². The summed E-state index contributed by atoms with van der Waals surface area (Å²) in [5.41, 5.74) is 1.32. The zero-order chi connectivity index (χ0) is 13.5. The average Bonchev–Trinajstić information content (AvgIpc) is 2.46. The van der Waals surface area contributed by atoms with Crippen molar-refractivity contribution in [2.75, 3.05) is 24.7 Å². The summed E-state index contributed by atoms with van der Waals surface area (Å²) in [5, 5.41) is 4.43. The molecule has 19 heavy (non-hydrogen) atoms. The summed E-state index contributed by atoms with van der Waals surface area (Å²) >= 11 is 7.93. The maximum atomic E-state index is 5.94. The molecule has 1 aliphatic rings. The van der Waals surface area contributed by atoms with Gasteiger partial charge in [-0.1, -0.05) is 30.7 Å². The molecule has 0 spiro atoms. The molecule has 0 bridgehead atoms. The standard InChI is InChI=1S/C15H22ClNOS/c1-2-7-17-14(15-11-19-9-8-18-15)10-12-3-5-13(16)6-4-12/h3-6,14-15,17H,2,7-11H2,1H3. The van der Waals surface area contributed by atoms with Crippen LogP contribution in [0.15, 0.2) is 24.3 Å². The highest BCUT2D eigenvalue weighted by Gasteiger charge is 2.24. The van der Waals surface area contributed by atoms with E-state index in [1.54, 1.807) is 0 Å². The summed E-state index contributed by atoms with van der Waals surface area (Å²) < 4.78 is 5.92. The van der Waals surface area contributed by atoms with Crippen LogP contribution in [0, 0.1) is 0 Å². The first-order valence-electron chi connectivity index (χ1n) is 6.96. The van der Waals surface area contributed by atoms with Gasteiger partial charge in [0.05, 0.1) is 12.7 Å². The Morgan fingerprint density at radius 2 is 2.21 bits per heavy atom. The van der Waals surface area contributed by atoms with E-state index in [1.807, 2.05) is 23.9 Å². The number of nitrogens with one attached hydrogen (secondary N) is 1. The first-order chi connectivity index (χ1) is 9.29. The molecular formula is C15H22ClNOS. The van der Waals surface area contributed by atoms with Crippen LogP contribution in [0.25, 0.3) is 0 Å². The third-order valence-electron chi connectivity index (χ3n) is 3.32. The van der Waals surface area contributed by atoms with E-state index in [4.69, 9.17) is 16.3 Å². The number of rotatable bonds is 6. The minimum atomic E-state index is 0.320. The van der Waals surface area contributed by atoms with Crippen LogP contribution in [0.1, 0.15) is 18.9 Å². The number of benzene rings is 1. The zero-order valence-electron chi connectivity index (χ0n) is 11.4. The van der Waals surface area contributed by atoms with E-state index in [2.05, 4.69) is 24.4 Å². The average molecular weight is 300 g/mol. The van der Waals surface area contributed by atoms with E-state index >= 15 is 0 Å². The lowest BCUT2D eigenvalue weighted by molar-refractivity contribution is 0.0472. The monoisotopic (exact) mass is 299 g/mol. The third kappa shape index (κ3) is 4.99. The second-order valence-electron chi connectivity index (χ2n) is 4.88. The van der Waals surface area contributed by atoms with Gasteiger partial charge in [0.25, 0.3) is 0 Å². The Kier molecular flexibility index (Phi) is 6.51. The molecule has 0 saturated carbocycles. The van der Waals surface area contributed by atoms with Gasteiger partial charge in [0.2, 0.25) is 0 Å². The highest BCUT2D eigenvalue weighted by Crippen LogP contribution is 2.19. The SMILES string of the molecule is CCCNC(Cc1ccc(Cl)cc1)C1CSCCO1. The Labute approximate surface area is 125 Å². The van der Waals surface area contributed by atoms with Crippen molar-refractivity contribution in [3.63, 3.8) is 0 Å². The normalized spacial score (nSPS) is 21.3. The predicted octanol–water partition coefficient (Wildman–Crippen LogP) is 3.38. The van der Waals surface area contributed by atoms with Crippen LogP contribution in [0.5, 0.6) is 0 Å². The van der Waals surface area contributed by atoms with Gasteiger partial charge in [-0.2, -0.15) is 11.8 Å². The van der Waals surface area contributed by atoms with Crippen molar-refractivity contribution in [1.82, 2.24) is 5.32 Å². The van der Waals surface area contributed by atoms with E-state index in [0.29, 0.717) is 12.1 Å². The van der Waals surface area contributed by atoms with E-state index in [1.165, 1.54) is 5.56 Å². The molecule has 1 heterocycles. The van der Waals surface area contributed by atoms with E-state index in [-0.39, 0.29) is 0 Å². The van der Waals surface area contributed by atoms with Gasteiger partial charge >= 0.3 is 0 Å². The Bertz CT molecular complexity index is 365. The quantitative estimate of drug-likeness (QED) is 0.870. The Morgan fingerprint density at radius 3 is 2.84 bits per heavy atom. The summed E-state index contributed by atoms with van der Waals surface area (Å²) in [6.45, 7) is 4.12. The number of ether oxygens (including phenoxy) is 1. The molecule has 2 rings (SSSR count). The molecule has 1 aromatic carbocycles. The molecule has 1 aromatic rings. The molecule has 4 heteroatoms. The van der Waals surface area contributed by atoms with E-state index < -0.39 is 0 Å². The molecule has 1 saturated heterocycles. The minimum Gasteiger partial charge on any atom is -0.375 e. The van der Waals surface area contributed by atoms with Crippen molar-refractivity contribution >= 4 is 23.4 Å². The number of hydrogen-bond acceptors (Lipinski definition) is 3. The van der Waals surface area contributed by atoms with Crippen LogP contribution >= 0.6 is 23.4 Å². The van der Waals surface area contributed by atoms with Crippen LogP contribution in [0.2, 0.25) is 5.02 Å². The second-order valence-corrected chi connectivity index (χ2v) is 6.46. The van der Waals surface area contributed by atoms with Gasteiger partial charge in [0, 0.05) is 22.6 Å². The van der Waals surface area contributed by atoms with Gasteiger partial charge in [-0.15, -0.1) is 0 Å². The van der Waals surface area contributed by atoms with Crippen LogP contribution in [0.3, 0.4) is 0 Å². The van der Waals surface area contributed by atoms with E-state index in [0.717, 1.165) is 42.5 Å². The zero-order valence-corrected chi connectivity index (χ0v) is 13.0. The lowest BCUT2D eigenvalue weighted by Crippen LogP contribution is -2.46. The van der Waals surface area contributed by atoms with Crippen molar-refractivity contribution < 1.29 is 4.74 Å². The molecule has 1 N–H and O–H groups in total. The number of thioether (sulfide) groups is 1. The van der Waals surface area contributed by atoms with Crippen molar-refractivity contribution in [3.8, 4) is 0 Å². The Balaban J connectivity index is 1.97. The number of halogens is 1. The van der Waals surface area contributed by atoms with Crippen molar-refractivity contribution in [1.29, 1.82) is 0 Å². The third-order valence-corrected chi connectivity index (χ3v) is 4.59. The first kappa shape index (κ1) is 15.2. The van der Waals surface area contributed by atoms with Gasteiger partial charge in [0.1, 0.15) is 0 Å². The highest BCUT2D eigenvalue weighted by atomic mass is 35.5. The topological polar surface area (TPSA) is 21.3 Å². The molecule has 0 aliphatic carbocycles. The maximum Gasteiger partial charge on any atom is 0.0821 e. The van der Waals surface area contributed by atoms with Crippen LogP contribution in [0.4, 0.5) is 0 Å². The maximum absolute atomic E-state index is 5.94. The van der Waals surface area contributed by atoms with Gasteiger partial charge in [0.15, 0.2) is 0 Å². The molecule has 0 radical (unpaired) electrons. The molecule has 0 amide bonds. The fourth-order valence-electron chi connectivity index (χ4n) is 2.28. The van der Waals surface area contributed by atoms with Crippen LogP contribution in [-0.2, 0) is 11.2 Å². The second kappa shape index (κ2) is 8.15. The summed E-state index contributed by atoms with van der Waals surface area (Å²) in [4.78, 5) is 0. The molecule has 106 valence electrons. The van der Waals surface area contributed by atoms with E-state index in [9.17, 15) is 0 Å². The summed E-state index contributed by atoms with van der Waals surface area (Å²) in [5.74, 6) is 2.22. The molecular weight excluding hydrogens is 278 g/mol. The largest absolute Gasteiger partial charge is 0.375 e. The Hall–Kier alpha value is -0.220.